The summed E-state index contributed by atoms with van der Waals surface area (Å²) in [7, 11) is 0. The summed E-state index contributed by atoms with van der Waals surface area (Å²) in [5.41, 5.74) is 0.720. The van der Waals surface area contributed by atoms with Crippen LogP contribution in [0.25, 0.3) is 0 Å². The van der Waals surface area contributed by atoms with E-state index in [2.05, 4.69) is 15.5 Å². The average molecular weight is 447 g/mol. The molecular formula is C21H23ClN4O3S. The zero-order valence-corrected chi connectivity index (χ0v) is 18.4. The monoisotopic (exact) mass is 446 g/mol. The lowest BCUT2D eigenvalue weighted by molar-refractivity contribution is -0.113. The number of nitrogens with one attached hydrogen (secondary N) is 1. The molecule has 0 aliphatic carbocycles. The van der Waals surface area contributed by atoms with Gasteiger partial charge in [-0.2, -0.15) is 0 Å². The molecule has 1 amide bonds. The van der Waals surface area contributed by atoms with E-state index < -0.39 is 0 Å². The van der Waals surface area contributed by atoms with Gasteiger partial charge in [-0.25, -0.2) is 0 Å². The smallest absolute Gasteiger partial charge is 0.234 e. The number of benzene rings is 2. The van der Waals surface area contributed by atoms with Gasteiger partial charge >= 0.3 is 0 Å². The maximum absolute atomic E-state index is 12.3. The van der Waals surface area contributed by atoms with E-state index in [1.165, 1.54) is 11.8 Å². The van der Waals surface area contributed by atoms with Gasteiger partial charge < -0.3 is 19.4 Å². The van der Waals surface area contributed by atoms with Crippen LogP contribution in [0.1, 0.15) is 19.7 Å². The van der Waals surface area contributed by atoms with E-state index in [4.69, 9.17) is 21.1 Å². The lowest BCUT2D eigenvalue weighted by Crippen LogP contribution is -2.15. The van der Waals surface area contributed by atoms with Crippen LogP contribution in [0.3, 0.4) is 0 Å². The van der Waals surface area contributed by atoms with Crippen molar-refractivity contribution in [2.75, 3.05) is 17.7 Å². The highest BCUT2D eigenvalue weighted by Gasteiger charge is 2.14. The Morgan fingerprint density at radius 3 is 2.37 bits per heavy atom. The molecule has 1 heterocycles. The Kier molecular flexibility index (Phi) is 7.98. The number of carbonyl (C=O) groups is 1. The number of rotatable bonds is 10. The molecule has 0 aliphatic heterocycles. The summed E-state index contributed by atoms with van der Waals surface area (Å²) in [4.78, 5) is 12.3. The molecule has 0 aliphatic rings. The molecule has 0 fully saturated rings. The molecule has 1 aromatic heterocycles. The maximum atomic E-state index is 12.3. The predicted molar refractivity (Wildman–Crippen MR) is 118 cm³/mol. The molecule has 7 nitrogen and oxygen atoms in total. The molecule has 158 valence electrons. The normalized spacial score (nSPS) is 10.6. The second-order valence-electron chi connectivity index (χ2n) is 6.18. The Bertz CT molecular complexity index is 961. The maximum Gasteiger partial charge on any atom is 0.234 e. The van der Waals surface area contributed by atoms with Crippen LogP contribution < -0.4 is 14.8 Å². The van der Waals surface area contributed by atoms with Crippen LogP contribution in [0.15, 0.2) is 53.7 Å². The van der Waals surface area contributed by atoms with E-state index in [0.29, 0.717) is 34.9 Å². The minimum atomic E-state index is -0.117. The highest BCUT2D eigenvalue weighted by molar-refractivity contribution is 7.99. The van der Waals surface area contributed by atoms with E-state index in [0.717, 1.165) is 11.4 Å². The standard InChI is InChI=1S/C21H23ClN4O3S/c1-3-26-19(13-29-18-9-5-15(22)6-10-18)24-25-21(26)30-14-20(27)23-16-7-11-17(12-8-16)28-4-2/h5-12H,3-4,13-14H2,1-2H3,(H,23,27). The molecule has 2 aromatic carbocycles. The molecule has 3 aromatic rings. The summed E-state index contributed by atoms with van der Waals surface area (Å²) >= 11 is 7.22. The molecule has 0 bridgehead atoms. The van der Waals surface area contributed by atoms with E-state index in [1.54, 1.807) is 24.3 Å². The van der Waals surface area contributed by atoms with Gasteiger partial charge in [-0.3, -0.25) is 4.79 Å². The molecule has 0 unspecified atom stereocenters. The number of anilines is 1. The van der Waals surface area contributed by atoms with Crippen LogP contribution in [-0.4, -0.2) is 33.0 Å². The van der Waals surface area contributed by atoms with Crippen LogP contribution in [0.2, 0.25) is 5.02 Å². The van der Waals surface area contributed by atoms with Crippen molar-refractivity contribution in [1.82, 2.24) is 14.8 Å². The number of nitrogens with zero attached hydrogens (tertiary/aromatic N) is 3. The second kappa shape index (κ2) is 10.9. The number of aromatic nitrogens is 3. The number of halogens is 1. The van der Waals surface area contributed by atoms with Crippen molar-refractivity contribution in [2.45, 2.75) is 32.2 Å². The Morgan fingerprint density at radius 1 is 1.03 bits per heavy atom. The van der Waals surface area contributed by atoms with E-state index in [1.807, 2.05) is 42.7 Å². The van der Waals surface area contributed by atoms with Gasteiger partial charge in [-0.05, 0) is 62.4 Å². The zero-order valence-electron chi connectivity index (χ0n) is 16.8. The number of amides is 1. The molecule has 30 heavy (non-hydrogen) atoms. The van der Waals surface area contributed by atoms with Gasteiger partial charge in [0.1, 0.15) is 18.1 Å². The van der Waals surface area contributed by atoms with Crippen molar-refractivity contribution in [1.29, 1.82) is 0 Å². The summed E-state index contributed by atoms with van der Waals surface area (Å²) in [6.45, 7) is 5.49. The summed E-state index contributed by atoms with van der Waals surface area (Å²) in [5, 5.41) is 12.6. The Morgan fingerprint density at radius 2 is 1.70 bits per heavy atom. The van der Waals surface area contributed by atoms with Gasteiger partial charge in [-0.1, -0.05) is 23.4 Å². The molecule has 0 radical (unpaired) electrons. The highest BCUT2D eigenvalue weighted by atomic mass is 35.5. The topological polar surface area (TPSA) is 78.3 Å². The van der Waals surface area contributed by atoms with Crippen LogP contribution in [0.4, 0.5) is 5.69 Å². The molecule has 0 atom stereocenters. The van der Waals surface area contributed by atoms with Crippen molar-refractivity contribution in [3.05, 3.63) is 59.4 Å². The van der Waals surface area contributed by atoms with Gasteiger partial charge in [0.2, 0.25) is 5.91 Å². The Labute approximate surface area is 184 Å². The van der Waals surface area contributed by atoms with Crippen molar-refractivity contribution < 1.29 is 14.3 Å². The van der Waals surface area contributed by atoms with Crippen molar-refractivity contribution in [3.63, 3.8) is 0 Å². The molecular weight excluding hydrogens is 424 g/mol. The largest absolute Gasteiger partial charge is 0.494 e. The van der Waals surface area contributed by atoms with Gasteiger partial charge in [-0.15, -0.1) is 10.2 Å². The average Bonchev–Trinajstić information content (AvgIpc) is 3.15. The van der Waals surface area contributed by atoms with E-state index >= 15 is 0 Å². The summed E-state index contributed by atoms with van der Waals surface area (Å²) in [5.74, 6) is 2.28. The lowest BCUT2D eigenvalue weighted by atomic mass is 10.3. The fraction of sp³-hybridized carbons (Fsp3) is 0.286. The lowest BCUT2D eigenvalue weighted by Gasteiger charge is -2.09. The zero-order chi connectivity index (χ0) is 21.3. The predicted octanol–water partition coefficient (Wildman–Crippen LogP) is 4.66. The van der Waals surface area contributed by atoms with Crippen molar-refractivity contribution in [3.8, 4) is 11.5 Å². The third-order valence-corrected chi connectivity index (χ3v) is 5.29. The third-order valence-electron chi connectivity index (χ3n) is 4.07. The number of carbonyl (C=O) groups excluding carboxylic acids is 1. The second-order valence-corrected chi connectivity index (χ2v) is 7.56. The van der Waals surface area contributed by atoms with Crippen LogP contribution in [-0.2, 0) is 17.9 Å². The molecule has 1 N–H and O–H groups in total. The Balaban J connectivity index is 1.53. The molecule has 0 spiro atoms. The van der Waals surface area contributed by atoms with E-state index in [9.17, 15) is 4.79 Å². The first kappa shape index (κ1) is 22.0. The summed E-state index contributed by atoms with van der Waals surface area (Å²) < 4.78 is 13.1. The van der Waals surface area contributed by atoms with Crippen LogP contribution >= 0.6 is 23.4 Å². The molecule has 3 rings (SSSR count). The van der Waals surface area contributed by atoms with E-state index in [-0.39, 0.29) is 18.3 Å². The minimum Gasteiger partial charge on any atom is -0.494 e. The quantitative estimate of drug-likeness (QED) is 0.456. The number of thioether (sulfide) groups is 1. The third kappa shape index (κ3) is 6.14. The molecule has 0 saturated carbocycles. The van der Waals surface area contributed by atoms with Crippen LogP contribution in [0.5, 0.6) is 11.5 Å². The van der Waals surface area contributed by atoms with Gasteiger partial charge in [0.25, 0.3) is 0 Å². The highest BCUT2D eigenvalue weighted by Crippen LogP contribution is 2.21. The fourth-order valence-electron chi connectivity index (χ4n) is 2.66. The van der Waals surface area contributed by atoms with Crippen molar-refractivity contribution >= 4 is 35.0 Å². The number of hydrogen-bond acceptors (Lipinski definition) is 6. The SMILES string of the molecule is CCOc1ccc(NC(=O)CSc2nnc(COc3ccc(Cl)cc3)n2CC)cc1. The summed E-state index contributed by atoms with van der Waals surface area (Å²) in [6, 6.07) is 14.4. The fourth-order valence-corrected chi connectivity index (χ4v) is 3.60. The number of ether oxygens (including phenoxy) is 2. The van der Waals surface area contributed by atoms with Crippen molar-refractivity contribution in [2.24, 2.45) is 0 Å². The van der Waals surface area contributed by atoms with Crippen LogP contribution in [0, 0.1) is 0 Å². The molecule has 0 saturated heterocycles. The first-order chi connectivity index (χ1) is 14.6. The molecule has 9 heteroatoms. The first-order valence-electron chi connectivity index (χ1n) is 9.55. The van der Waals surface area contributed by atoms with Gasteiger partial charge in [0, 0.05) is 17.3 Å². The number of hydrogen-bond donors (Lipinski definition) is 1. The minimum absolute atomic E-state index is 0.117. The first-order valence-corrected chi connectivity index (χ1v) is 10.9. The Hall–Kier alpha value is -2.71. The summed E-state index contributed by atoms with van der Waals surface area (Å²) in [6.07, 6.45) is 0. The van der Waals surface area contributed by atoms with Gasteiger partial charge in [0.05, 0.1) is 12.4 Å². The van der Waals surface area contributed by atoms with Gasteiger partial charge in [0.15, 0.2) is 11.0 Å².